The normalized spacial score (nSPS) is 29.7. The third-order valence-corrected chi connectivity index (χ3v) is 4.93. The smallest absolute Gasteiger partial charge is 0.125 e. The lowest BCUT2D eigenvalue weighted by Gasteiger charge is -2.26. The first-order chi connectivity index (χ1) is 4.63. The van der Waals surface area contributed by atoms with Gasteiger partial charge in [-0.1, -0.05) is 0 Å². The minimum atomic E-state index is 0.826. The molecule has 0 aromatic carbocycles. The summed E-state index contributed by atoms with van der Waals surface area (Å²) >= 11 is 0. The molecule has 0 aromatic heterocycles. The molecule has 1 nitrogen and oxygen atoms in total. The Hall–Kier alpha value is 0.820. The summed E-state index contributed by atoms with van der Waals surface area (Å²) in [6.07, 6.45) is 0. The number of quaternary nitrogens is 1. The van der Waals surface area contributed by atoms with Crippen LogP contribution in [0.5, 0.6) is 0 Å². The molecule has 10 heavy (non-hydrogen) atoms. The van der Waals surface area contributed by atoms with Crippen LogP contribution in [0.4, 0.5) is 0 Å². The van der Waals surface area contributed by atoms with Crippen molar-refractivity contribution in [2.24, 2.45) is 0 Å². The van der Waals surface area contributed by atoms with Gasteiger partial charge in [0.1, 0.15) is 5.52 Å². The van der Waals surface area contributed by atoms with Crippen LogP contribution in [0, 0.1) is 0 Å². The Morgan fingerprint density at radius 3 is 1.50 bits per heavy atom. The predicted molar refractivity (Wildman–Crippen MR) is 51.7 cm³/mol. The summed E-state index contributed by atoms with van der Waals surface area (Å²) in [5.41, 5.74) is 1.06. The van der Waals surface area contributed by atoms with Crippen molar-refractivity contribution >= 4 is 16.5 Å². The lowest BCUT2D eigenvalue weighted by Crippen LogP contribution is -3.18. The standard InChI is InChI=1S/C7H17NP2/c1-5(2)8(6(3)4)7-9-10-7/h5-7,9-10H,1-4H3/p+1. The first-order valence-corrected chi connectivity index (χ1v) is 7.16. The average Bonchev–Trinajstić information content (AvgIpc) is 2.46. The Balaban J connectivity index is 2.41. The van der Waals surface area contributed by atoms with Crippen molar-refractivity contribution in [3.05, 3.63) is 0 Å². The third kappa shape index (κ3) is 2.16. The van der Waals surface area contributed by atoms with E-state index in [0.717, 1.165) is 17.6 Å². The van der Waals surface area contributed by atoms with Gasteiger partial charge in [-0.25, -0.2) is 0 Å². The first kappa shape index (κ1) is 8.91. The molecule has 0 radical (unpaired) electrons. The minimum Gasteiger partial charge on any atom is -0.322 e. The lowest BCUT2D eigenvalue weighted by molar-refractivity contribution is -0.937. The van der Waals surface area contributed by atoms with Gasteiger partial charge in [0.05, 0.1) is 12.1 Å². The van der Waals surface area contributed by atoms with Crippen LogP contribution in [0.3, 0.4) is 0 Å². The summed E-state index contributed by atoms with van der Waals surface area (Å²) in [5.74, 6) is 0. The molecule has 0 bridgehead atoms. The molecule has 1 heterocycles. The van der Waals surface area contributed by atoms with Crippen molar-refractivity contribution in [3.63, 3.8) is 0 Å². The second-order valence-corrected chi connectivity index (χ2v) is 7.57. The van der Waals surface area contributed by atoms with Crippen molar-refractivity contribution < 1.29 is 4.90 Å². The van der Waals surface area contributed by atoms with E-state index in [4.69, 9.17) is 0 Å². The first-order valence-electron chi connectivity index (χ1n) is 4.00. The quantitative estimate of drug-likeness (QED) is 0.620. The molecule has 1 saturated heterocycles. The van der Waals surface area contributed by atoms with E-state index < -0.39 is 0 Å². The molecule has 2 atom stereocenters. The van der Waals surface area contributed by atoms with Crippen molar-refractivity contribution in [2.75, 3.05) is 0 Å². The van der Waals surface area contributed by atoms with E-state index in [2.05, 4.69) is 27.7 Å². The summed E-state index contributed by atoms with van der Waals surface area (Å²) < 4.78 is 0. The summed E-state index contributed by atoms with van der Waals surface area (Å²) in [6, 6.07) is 1.65. The zero-order valence-electron chi connectivity index (χ0n) is 7.23. The lowest BCUT2D eigenvalue weighted by atomic mass is 10.2. The SMILES string of the molecule is CC(C)[NH+](C(C)C)C1PP1. The molecule has 1 fully saturated rings. The summed E-state index contributed by atoms with van der Waals surface area (Å²) in [5, 5.41) is 0. The molecule has 2 unspecified atom stereocenters. The zero-order valence-corrected chi connectivity index (χ0v) is 9.23. The Bertz CT molecular complexity index is 99.4. The molecule has 1 aliphatic rings. The van der Waals surface area contributed by atoms with Crippen LogP contribution in [-0.4, -0.2) is 17.6 Å². The van der Waals surface area contributed by atoms with Gasteiger partial charge in [0.25, 0.3) is 0 Å². The molecule has 1 aliphatic heterocycles. The van der Waals surface area contributed by atoms with Gasteiger partial charge in [-0.15, -0.1) is 0 Å². The number of hydrogen-bond acceptors (Lipinski definition) is 0. The average molecular weight is 178 g/mol. The monoisotopic (exact) mass is 178 g/mol. The van der Waals surface area contributed by atoms with Gasteiger partial charge < -0.3 is 4.90 Å². The Morgan fingerprint density at radius 2 is 1.40 bits per heavy atom. The number of hydrogen-bond donors (Lipinski definition) is 1. The molecule has 0 aromatic rings. The van der Waals surface area contributed by atoms with Crippen molar-refractivity contribution in [1.29, 1.82) is 0 Å². The third-order valence-electron chi connectivity index (χ3n) is 1.96. The van der Waals surface area contributed by atoms with Gasteiger partial charge in [-0.05, 0) is 44.2 Å². The van der Waals surface area contributed by atoms with Crippen LogP contribution in [0.15, 0.2) is 0 Å². The molecule has 0 amide bonds. The van der Waals surface area contributed by atoms with E-state index in [1.807, 2.05) is 4.90 Å². The van der Waals surface area contributed by atoms with E-state index in [-0.39, 0.29) is 0 Å². The summed E-state index contributed by atoms with van der Waals surface area (Å²) in [7, 11) is 2.56. The Morgan fingerprint density at radius 1 is 1.00 bits per heavy atom. The van der Waals surface area contributed by atoms with Crippen LogP contribution < -0.4 is 4.90 Å². The molecular formula is C7H18NP2+. The summed E-state index contributed by atoms with van der Waals surface area (Å²) in [6.45, 7) is 9.34. The van der Waals surface area contributed by atoms with Gasteiger partial charge in [0.2, 0.25) is 0 Å². The maximum Gasteiger partial charge on any atom is 0.125 e. The molecule has 3 heteroatoms. The molecule has 0 saturated carbocycles. The predicted octanol–water partition coefficient (Wildman–Crippen LogP) is 1.26. The number of nitrogens with one attached hydrogen (secondary N) is 1. The van der Waals surface area contributed by atoms with E-state index in [1.54, 1.807) is 0 Å². The van der Waals surface area contributed by atoms with E-state index in [0.29, 0.717) is 0 Å². The van der Waals surface area contributed by atoms with Crippen molar-refractivity contribution in [2.45, 2.75) is 45.3 Å². The van der Waals surface area contributed by atoms with Crippen molar-refractivity contribution in [3.8, 4) is 0 Å². The largest absolute Gasteiger partial charge is 0.322 e. The van der Waals surface area contributed by atoms with Gasteiger partial charge in [-0.3, -0.25) is 0 Å². The fourth-order valence-electron chi connectivity index (χ4n) is 1.54. The van der Waals surface area contributed by atoms with E-state index in [9.17, 15) is 0 Å². The number of rotatable bonds is 3. The minimum absolute atomic E-state index is 0.826. The second-order valence-electron chi connectivity index (χ2n) is 3.53. The van der Waals surface area contributed by atoms with Crippen LogP contribution in [0.1, 0.15) is 27.7 Å². The van der Waals surface area contributed by atoms with Crippen LogP contribution >= 0.6 is 16.5 Å². The molecule has 0 aliphatic carbocycles. The van der Waals surface area contributed by atoms with Crippen LogP contribution in [0.2, 0.25) is 0 Å². The Labute approximate surface area is 67.4 Å². The van der Waals surface area contributed by atoms with Gasteiger partial charge in [0, 0.05) is 0 Å². The van der Waals surface area contributed by atoms with E-state index in [1.165, 1.54) is 16.5 Å². The highest BCUT2D eigenvalue weighted by atomic mass is 32.1. The van der Waals surface area contributed by atoms with Crippen molar-refractivity contribution in [1.82, 2.24) is 0 Å². The maximum absolute atomic E-state index is 2.34. The van der Waals surface area contributed by atoms with Gasteiger partial charge in [0.15, 0.2) is 0 Å². The van der Waals surface area contributed by atoms with Crippen LogP contribution in [-0.2, 0) is 0 Å². The fourth-order valence-corrected chi connectivity index (χ4v) is 4.54. The second kappa shape index (κ2) is 3.48. The highest BCUT2D eigenvalue weighted by Crippen LogP contribution is 2.64. The molecule has 0 spiro atoms. The fraction of sp³-hybridized carbons (Fsp3) is 1.00. The van der Waals surface area contributed by atoms with Crippen LogP contribution in [0.25, 0.3) is 0 Å². The Kier molecular flexibility index (Phi) is 3.10. The molecule has 1 rings (SSSR count). The highest BCUT2D eigenvalue weighted by molar-refractivity contribution is 8.29. The molecule has 60 valence electrons. The highest BCUT2D eigenvalue weighted by Gasteiger charge is 2.36. The zero-order chi connectivity index (χ0) is 7.72. The maximum atomic E-state index is 2.34. The molecule has 1 N–H and O–H groups in total. The molecular weight excluding hydrogens is 160 g/mol. The topological polar surface area (TPSA) is 4.44 Å². The van der Waals surface area contributed by atoms with Gasteiger partial charge in [-0.2, -0.15) is 0 Å². The van der Waals surface area contributed by atoms with E-state index >= 15 is 0 Å². The summed E-state index contributed by atoms with van der Waals surface area (Å²) in [4.78, 5) is 1.83. The van der Waals surface area contributed by atoms with Gasteiger partial charge >= 0.3 is 0 Å².